The maximum atomic E-state index is 12.7. The van der Waals surface area contributed by atoms with Crippen LogP contribution in [0.2, 0.25) is 0 Å². The molecule has 8 heteroatoms. The number of alkyl halides is 3. The molecule has 33 heavy (non-hydrogen) atoms. The van der Waals surface area contributed by atoms with Crippen molar-refractivity contribution >= 4 is 17.4 Å². The van der Waals surface area contributed by atoms with Crippen LogP contribution in [0.3, 0.4) is 0 Å². The molecule has 4 rings (SSSR count). The lowest BCUT2D eigenvalue weighted by molar-refractivity contribution is -0.137. The summed E-state index contributed by atoms with van der Waals surface area (Å²) >= 11 is 0. The van der Waals surface area contributed by atoms with Gasteiger partial charge in [-0.15, -0.1) is 0 Å². The van der Waals surface area contributed by atoms with Crippen molar-refractivity contribution in [3.63, 3.8) is 0 Å². The van der Waals surface area contributed by atoms with E-state index < -0.39 is 11.7 Å². The van der Waals surface area contributed by atoms with Crippen LogP contribution >= 0.6 is 0 Å². The van der Waals surface area contributed by atoms with E-state index in [0.717, 1.165) is 49.2 Å². The van der Waals surface area contributed by atoms with Crippen molar-refractivity contribution in [2.45, 2.75) is 37.9 Å². The highest BCUT2D eigenvalue weighted by atomic mass is 19.4. The quantitative estimate of drug-likeness (QED) is 0.472. The van der Waals surface area contributed by atoms with Crippen molar-refractivity contribution in [3.8, 4) is 0 Å². The Morgan fingerprint density at radius 1 is 1.12 bits per heavy atom. The van der Waals surface area contributed by atoms with E-state index in [-0.39, 0.29) is 11.9 Å². The predicted molar refractivity (Wildman–Crippen MR) is 120 cm³/mol. The van der Waals surface area contributed by atoms with E-state index in [9.17, 15) is 18.0 Å². The predicted octanol–water partition coefficient (Wildman–Crippen LogP) is 5.69. The molecule has 0 aliphatic heterocycles. The monoisotopic (exact) mass is 452 g/mol. The highest BCUT2D eigenvalue weighted by Crippen LogP contribution is 2.29. The first-order valence-electron chi connectivity index (χ1n) is 10.6. The molecule has 0 saturated heterocycles. The molecule has 1 unspecified atom stereocenters. The second-order valence-corrected chi connectivity index (χ2v) is 7.98. The average Bonchev–Trinajstić information content (AvgIpc) is 3.25. The number of aromatic nitrogens is 2. The van der Waals surface area contributed by atoms with Crippen molar-refractivity contribution in [3.05, 3.63) is 95.5 Å². The summed E-state index contributed by atoms with van der Waals surface area (Å²) in [6, 6.07) is 13.6. The van der Waals surface area contributed by atoms with Gasteiger partial charge in [-0.1, -0.05) is 23.8 Å². The highest BCUT2D eigenvalue weighted by molar-refractivity contribution is 5.94. The first kappa shape index (κ1) is 22.5. The van der Waals surface area contributed by atoms with Crippen LogP contribution in [0, 0.1) is 0 Å². The van der Waals surface area contributed by atoms with Gasteiger partial charge in [0.05, 0.1) is 11.1 Å². The number of halogens is 3. The van der Waals surface area contributed by atoms with E-state index in [1.807, 2.05) is 24.3 Å². The number of rotatable bonds is 6. The molecule has 0 radical (unpaired) electrons. The number of anilines is 2. The lowest BCUT2D eigenvalue weighted by Crippen LogP contribution is -2.32. The third-order valence-corrected chi connectivity index (χ3v) is 5.50. The molecule has 1 saturated carbocycles. The van der Waals surface area contributed by atoms with Crippen LogP contribution in [0.15, 0.2) is 78.8 Å². The molecular formula is C25H23F3N4O. The van der Waals surface area contributed by atoms with Crippen LogP contribution in [0.1, 0.15) is 40.7 Å². The summed E-state index contributed by atoms with van der Waals surface area (Å²) in [6.07, 6.45) is 5.18. The Morgan fingerprint density at radius 3 is 2.73 bits per heavy atom. The van der Waals surface area contributed by atoms with Crippen LogP contribution in [-0.2, 0) is 12.6 Å². The minimum absolute atomic E-state index is 0.106. The fraction of sp³-hybridized carbons (Fsp3) is 0.240. The number of benzene rings is 1. The summed E-state index contributed by atoms with van der Waals surface area (Å²) in [7, 11) is 0. The lowest BCUT2D eigenvalue weighted by atomic mass is 10.1. The molecule has 1 atom stereocenters. The molecule has 3 aromatic rings. The number of carbonyl (C=O) groups is 1. The van der Waals surface area contributed by atoms with Gasteiger partial charge in [0.25, 0.3) is 5.91 Å². The number of amides is 1. The lowest BCUT2D eigenvalue weighted by Gasteiger charge is -2.11. The van der Waals surface area contributed by atoms with Gasteiger partial charge in [-0.3, -0.25) is 9.78 Å². The number of pyridine rings is 2. The van der Waals surface area contributed by atoms with Crippen LogP contribution < -0.4 is 10.6 Å². The van der Waals surface area contributed by atoms with E-state index in [2.05, 4.69) is 26.7 Å². The number of hydrogen-bond acceptors (Lipinski definition) is 4. The Morgan fingerprint density at radius 2 is 2.00 bits per heavy atom. The summed E-state index contributed by atoms with van der Waals surface area (Å²) in [5.41, 5.74) is 2.91. The van der Waals surface area contributed by atoms with Crippen LogP contribution in [0.5, 0.6) is 0 Å². The number of carbonyl (C=O) groups excluding carboxylic acids is 1. The summed E-state index contributed by atoms with van der Waals surface area (Å²) in [4.78, 5) is 20.1. The maximum Gasteiger partial charge on any atom is 0.417 e. The fourth-order valence-corrected chi connectivity index (χ4v) is 3.78. The van der Waals surface area contributed by atoms with Crippen molar-refractivity contribution in [2.24, 2.45) is 0 Å². The van der Waals surface area contributed by atoms with Crippen LogP contribution in [-0.4, -0.2) is 21.9 Å². The van der Waals surface area contributed by atoms with Crippen molar-refractivity contribution < 1.29 is 18.0 Å². The zero-order chi connectivity index (χ0) is 23.3. The van der Waals surface area contributed by atoms with Crippen molar-refractivity contribution in [1.82, 2.24) is 15.3 Å². The fourth-order valence-electron chi connectivity index (χ4n) is 3.78. The second-order valence-electron chi connectivity index (χ2n) is 7.98. The number of allylic oxidation sites excluding steroid dienone is 1. The van der Waals surface area contributed by atoms with Crippen molar-refractivity contribution in [1.29, 1.82) is 0 Å². The standard InChI is InChI=1S/C25H23F3N4O/c26-25(27,28)20-9-11-23(30-16-20)31-21-5-1-3-17(13-21)6-7-18-8-10-22(14-18)32-24(33)19-4-2-12-29-15-19/h1-5,7,9,11-13,15-16,22H,6,8,10,14H2,(H,30,31)(H,32,33). The van der Waals surface area contributed by atoms with Gasteiger partial charge in [0, 0.05) is 30.3 Å². The number of nitrogens with one attached hydrogen (secondary N) is 2. The SMILES string of the molecule is O=C(NC1CCC(=CCc2cccc(Nc3ccc(C(F)(F)F)cn3)c2)C1)c1cccnc1. The van der Waals surface area contributed by atoms with Gasteiger partial charge >= 0.3 is 6.18 Å². The Labute approximate surface area is 189 Å². The van der Waals surface area contributed by atoms with Crippen LogP contribution in [0.4, 0.5) is 24.7 Å². The summed E-state index contributed by atoms with van der Waals surface area (Å²) in [5.74, 6) is 0.242. The van der Waals surface area contributed by atoms with Gasteiger partial charge in [-0.25, -0.2) is 4.98 Å². The van der Waals surface area contributed by atoms with Gasteiger partial charge in [-0.05, 0) is 67.6 Å². The Kier molecular flexibility index (Phi) is 6.72. The van der Waals surface area contributed by atoms with E-state index in [0.29, 0.717) is 11.4 Å². The zero-order valence-electron chi connectivity index (χ0n) is 17.8. The molecule has 1 aliphatic rings. The maximum absolute atomic E-state index is 12.7. The topological polar surface area (TPSA) is 66.9 Å². The molecule has 1 aromatic carbocycles. The summed E-state index contributed by atoms with van der Waals surface area (Å²) in [6.45, 7) is 0. The van der Waals surface area contributed by atoms with Crippen LogP contribution in [0.25, 0.3) is 0 Å². The molecule has 0 bridgehead atoms. The smallest absolute Gasteiger partial charge is 0.349 e. The molecule has 1 amide bonds. The van der Waals surface area contributed by atoms with Gasteiger partial charge < -0.3 is 10.6 Å². The summed E-state index contributed by atoms with van der Waals surface area (Å²) in [5, 5.41) is 6.11. The minimum atomic E-state index is -4.40. The van der Waals surface area contributed by atoms with E-state index >= 15 is 0 Å². The Balaban J connectivity index is 1.32. The van der Waals surface area contributed by atoms with Gasteiger partial charge in [0.2, 0.25) is 0 Å². The molecule has 2 N–H and O–H groups in total. The molecule has 0 spiro atoms. The number of nitrogens with zero attached hydrogens (tertiary/aromatic N) is 2. The number of hydrogen-bond donors (Lipinski definition) is 2. The zero-order valence-corrected chi connectivity index (χ0v) is 17.8. The second kappa shape index (κ2) is 9.85. The Hall–Kier alpha value is -3.68. The molecular weight excluding hydrogens is 429 g/mol. The first-order chi connectivity index (χ1) is 15.9. The molecule has 2 heterocycles. The third-order valence-electron chi connectivity index (χ3n) is 5.50. The van der Waals surface area contributed by atoms with Gasteiger partial charge in [0.1, 0.15) is 5.82 Å². The molecule has 5 nitrogen and oxygen atoms in total. The molecule has 2 aromatic heterocycles. The molecule has 1 fully saturated rings. The average molecular weight is 452 g/mol. The van der Waals surface area contributed by atoms with Gasteiger partial charge in [0.15, 0.2) is 0 Å². The minimum Gasteiger partial charge on any atom is -0.349 e. The van der Waals surface area contributed by atoms with E-state index in [1.165, 1.54) is 11.6 Å². The van der Waals surface area contributed by atoms with Crippen molar-refractivity contribution in [2.75, 3.05) is 5.32 Å². The van der Waals surface area contributed by atoms with E-state index in [4.69, 9.17) is 0 Å². The van der Waals surface area contributed by atoms with E-state index in [1.54, 1.807) is 24.5 Å². The molecule has 170 valence electrons. The first-order valence-corrected chi connectivity index (χ1v) is 10.6. The summed E-state index contributed by atoms with van der Waals surface area (Å²) < 4.78 is 38.1. The molecule has 1 aliphatic carbocycles. The third kappa shape index (κ3) is 6.19. The normalized spacial score (nSPS) is 17.2. The Bertz CT molecular complexity index is 1130. The van der Waals surface area contributed by atoms with Gasteiger partial charge in [-0.2, -0.15) is 13.2 Å². The largest absolute Gasteiger partial charge is 0.417 e. The highest BCUT2D eigenvalue weighted by Gasteiger charge is 2.30.